The van der Waals surface area contributed by atoms with Crippen molar-refractivity contribution in [1.82, 2.24) is 10.2 Å². The quantitative estimate of drug-likeness (QED) is 0.891. The Kier molecular flexibility index (Phi) is 5.08. The average molecular weight is 352 g/mol. The first-order valence-corrected chi connectivity index (χ1v) is 8.56. The van der Waals surface area contributed by atoms with Crippen LogP contribution < -0.4 is 10.2 Å². The summed E-state index contributed by atoms with van der Waals surface area (Å²) in [4.78, 5) is 28.7. The summed E-state index contributed by atoms with van der Waals surface area (Å²) in [7, 11) is 1.68. The monoisotopic (exact) mass is 351 g/mol. The van der Waals surface area contributed by atoms with E-state index in [-0.39, 0.29) is 17.9 Å². The van der Waals surface area contributed by atoms with Gasteiger partial charge in [-0.1, -0.05) is 23.7 Å². The van der Waals surface area contributed by atoms with Crippen molar-refractivity contribution in [2.24, 2.45) is 0 Å². The van der Waals surface area contributed by atoms with Crippen LogP contribution in [-0.4, -0.2) is 61.6 Å². The number of likely N-dealkylation sites (N-methyl/N-ethyl adjacent to an activating group) is 1. The van der Waals surface area contributed by atoms with Gasteiger partial charge < -0.3 is 19.9 Å². The van der Waals surface area contributed by atoms with E-state index in [0.717, 1.165) is 0 Å². The van der Waals surface area contributed by atoms with Gasteiger partial charge in [0.05, 0.1) is 23.4 Å². The number of nitrogens with one attached hydrogen (secondary N) is 1. The Balaban J connectivity index is 1.72. The van der Waals surface area contributed by atoms with Crippen LogP contribution >= 0.6 is 11.6 Å². The molecule has 0 bridgehead atoms. The van der Waals surface area contributed by atoms with E-state index in [2.05, 4.69) is 5.32 Å². The molecule has 0 aromatic heterocycles. The molecule has 0 radical (unpaired) electrons. The van der Waals surface area contributed by atoms with Gasteiger partial charge in [0.15, 0.2) is 0 Å². The molecule has 0 aliphatic carbocycles. The number of carbonyl (C=O) groups excluding carboxylic acids is 2. The van der Waals surface area contributed by atoms with Crippen molar-refractivity contribution in [3.8, 4) is 0 Å². The second kappa shape index (κ2) is 7.09. The van der Waals surface area contributed by atoms with Gasteiger partial charge in [-0.15, -0.1) is 0 Å². The third kappa shape index (κ3) is 3.14. The van der Waals surface area contributed by atoms with Crippen LogP contribution in [0.3, 0.4) is 0 Å². The Labute approximate surface area is 146 Å². The third-order valence-electron chi connectivity index (χ3n) is 4.72. The number of carbonyl (C=O) groups is 2. The number of ether oxygens (including phenoxy) is 1. The number of para-hydroxylation sites is 1. The molecule has 7 heteroatoms. The average Bonchev–Trinajstić information content (AvgIpc) is 2.96. The van der Waals surface area contributed by atoms with Crippen LogP contribution in [0.15, 0.2) is 24.3 Å². The summed E-state index contributed by atoms with van der Waals surface area (Å²) >= 11 is 6.20. The van der Waals surface area contributed by atoms with E-state index in [9.17, 15) is 9.59 Å². The van der Waals surface area contributed by atoms with Crippen molar-refractivity contribution >= 4 is 29.1 Å². The number of hydrogen-bond donors (Lipinski definition) is 1. The number of rotatable bonds is 3. The summed E-state index contributed by atoms with van der Waals surface area (Å²) in [6, 6.07) is 6.38. The fourth-order valence-corrected chi connectivity index (χ4v) is 3.55. The minimum Gasteiger partial charge on any atom is -0.375 e. The van der Waals surface area contributed by atoms with E-state index in [1.807, 2.05) is 25.1 Å². The largest absolute Gasteiger partial charge is 0.375 e. The van der Waals surface area contributed by atoms with Gasteiger partial charge in [0.2, 0.25) is 11.8 Å². The summed E-state index contributed by atoms with van der Waals surface area (Å²) in [6.45, 7) is 3.65. The maximum absolute atomic E-state index is 12.8. The smallest absolute Gasteiger partial charge is 0.249 e. The topological polar surface area (TPSA) is 61.9 Å². The van der Waals surface area contributed by atoms with E-state index in [4.69, 9.17) is 16.3 Å². The minimum absolute atomic E-state index is 0.0941. The van der Waals surface area contributed by atoms with Crippen LogP contribution in [0.2, 0.25) is 5.02 Å². The van der Waals surface area contributed by atoms with Gasteiger partial charge in [-0.3, -0.25) is 9.59 Å². The molecule has 1 N–H and O–H groups in total. The highest BCUT2D eigenvalue weighted by atomic mass is 35.5. The number of benzene rings is 1. The molecule has 2 saturated heterocycles. The number of amides is 2. The molecule has 1 unspecified atom stereocenters. The third-order valence-corrected chi connectivity index (χ3v) is 5.04. The lowest BCUT2D eigenvalue weighted by molar-refractivity contribution is -0.143. The van der Waals surface area contributed by atoms with E-state index in [1.54, 1.807) is 22.9 Å². The summed E-state index contributed by atoms with van der Waals surface area (Å²) in [5.74, 6) is -0.204. The molecule has 2 aliphatic rings. The predicted octanol–water partition coefficient (Wildman–Crippen LogP) is 1.28. The van der Waals surface area contributed by atoms with E-state index in [0.29, 0.717) is 36.8 Å². The first-order valence-electron chi connectivity index (χ1n) is 8.18. The molecule has 1 aromatic carbocycles. The normalized spacial score (nSPS) is 27.4. The standard InChI is InChI=1S/C17H22ClN3O3/c1-11-15(19-8-10-24-11)17(23)20(2)14-7-9-21(16(14)22)13-6-4-3-5-12(13)18/h3-6,11,14-15,19H,7-10H2,1-2H3/t11-,14?,15+/m1/s1. The summed E-state index contributed by atoms with van der Waals surface area (Å²) in [5, 5.41) is 3.72. The van der Waals surface area contributed by atoms with E-state index in [1.165, 1.54) is 0 Å². The second-order valence-electron chi connectivity index (χ2n) is 6.20. The van der Waals surface area contributed by atoms with Gasteiger partial charge in [0.25, 0.3) is 0 Å². The molecule has 0 saturated carbocycles. The van der Waals surface area contributed by atoms with Gasteiger partial charge in [-0.25, -0.2) is 0 Å². The SMILES string of the molecule is C[C@H]1OCCN[C@@H]1C(=O)N(C)C1CCN(c2ccccc2Cl)C1=O. The fraction of sp³-hybridized carbons (Fsp3) is 0.529. The molecule has 2 heterocycles. The van der Waals surface area contributed by atoms with Crippen molar-refractivity contribution in [3.05, 3.63) is 29.3 Å². The zero-order valence-corrected chi connectivity index (χ0v) is 14.6. The van der Waals surface area contributed by atoms with Crippen molar-refractivity contribution in [3.63, 3.8) is 0 Å². The number of halogens is 1. The fourth-order valence-electron chi connectivity index (χ4n) is 3.32. The molecule has 3 atom stereocenters. The second-order valence-corrected chi connectivity index (χ2v) is 6.61. The molecule has 2 fully saturated rings. The van der Waals surface area contributed by atoms with Crippen molar-refractivity contribution in [1.29, 1.82) is 0 Å². The van der Waals surface area contributed by atoms with Crippen LogP contribution in [-0.2, 0) is 14.3 Å². The Hall–Kier alpha value is -1.63. The lowest BCUT2D eigenvalue weighted by atomic mass is 10.1. The van der Waals surface area contributed by atoms with Gasteiger partial charge in [-0.05, 0) is 25.5 Å². The summed E-state index contributed by atoms with van der Waals surface area (Å²) in [5.41, 5.74) is 0.694. The van der Waals surface area contributed by atoms with Crippen LogP contribution in [0, 0.1) is 0 Å². The molecule has 3 rings (SSSR count). The van der Waals surface area contributed by atoms with Gasteiger partial charge in [0, 0.05) is 20.1 Å². The molecule has 6 nitrogen and oxygen atoms in total. The van der Waals surface area contributed by atoms with Crippen LogP contribution in [0.5, 0.6) is 0 Å². The van der Waals surface area contributed by atoms with Crippen molar-refractivity contribution in [2.75, 3.05) is 31.6 Å². The Morgan fingerprint density at radius 2 is 2.17 bits per heavy atom. The molecule has 1 aromatic rings. The Bertz CT molecular complexity index is 639. The van der Waals surface area contributed by atoms with Gasteiger partial charge in [-0.2, -0.15) is 0 Å². The first kappa shape index (κ1) is 17.2. The van der Waals surface area contributed by atoms with Crippen LogP contribution in [0.4, 0.5) is 5.69 Å². The minimum atomic E-state index is -0.468. The summed E-state index contributed by atoms with van der Waals surface area (Å²) < 4.78 is 5.53. The van der Waals surface area contributed by atoms with E-state index >= 15 is 0 Å². The highest BCUT2D eigenvalue weighted by Gasteiger charge is 2.40. The molecule has 130 valence electrons. The zero-order chi connectivity index (χ0) is 17.3. The summed E-state index contributed by atoms with van der Waals surface area (Å²) in [6.07, 6.45) is 0.388. The maximum atomic E-state index is 12.8. The number of nitrogens with zero attached hydrogens (tertiary/aromatic N) is 2. The number of morpholine rings is 1. The molecule has 2 amide bonds. The van der Waals surface area contributed by atoms with E-state index < -0.39 is 12.1 Å². The molecular formula is C17H22ClN3O3. The lowest BCUT2D eigenvalue weighted by Crippen LogP contribution is -2.58. The Morgan fingerprint density at radius 3 is 2.88 bits per heavy atom. The highest BCUT2D eigenvalue weighted by Crippen LogP contribution is 2.30. The molecule has 2 aliphatic heterocycles. The highest BCUT2D eigenvalue weighted by molar-refractivity contribution is 6.34. The van der Waals surface area contributed by atoms with Crippen LogP contribution in [0.25, 0.3) is 0 Å². The maximum Gasteiger partial charge on any atom is 0.249 e. The van der Waals surface area contributed by atoms with Crippen molar-refractivity contribution < 1.29 is 14.3 Å². The van der Waals surface area contributed by atoms with Crippen LogP contribution in [0.1, 0.15) is 13.3 Å². The lowest BCUT2D eigenvalue weighted by Gasteiger charge is -2.34. The predicted molar refractivity (Wildman–Crippen MR) is 92.2 cm³/mol. The molecule has 0 spiro atoms. The van der Waals surface area contributed by atoms with Gasteiger partial charge in [0.1, 0.15) is 12.1 Å². The Morgan fingerprint density at radius 1 is 1.42 bits per heavy atom. The molecule has 24 heavy (non-hydrogen) atoms. The molecular weight excluding hydrogens is 330 g/mol. The zero-order valence-electron chi connectivity index (χ0n) is 13.9. The number of hydrogen-bond acceptors (Lipinski definition) is 4. The van der Waals surface area contributed by atoms with Gasteiger partial charge >= 0.3 is 0 Å². The van der Waals surface area contributed by atoms with Crippen molar-refractivity contribution in [2.45, 2.75) is 31.5 Å². The first-order chi connectivity index (χ1) is 11.5. The number of anilines is 1.